The number of aliphatic hydroxyl groups is 1. The summed E-state index contributed by atoms with van der Waals surface area (Å²) in [6.07, 6.45) is 4.31. The number of anilines is 1. The maximum absolute atomic E-state index is 13.1. The highest BCUT2D eigenvalue weighted by atomic mass is 19.1. The fraction of sp³-hybridized carbons (Fsp3) is 0.476. The molecular formula is C21H25FN4O2. The first kappa shape index (κ1) is 18.8. The van der Waals surface area contributed by atoms with Crippen LogP contribution < -0.4 is 5.32 Å². The molecule has 2 unspecified atom stereocenters. The van der Waals surface area contributed by atoms with E-state index >= 15 is 0 Å². The molecule has 3 heterocycles. The number of carbonyl (C=O) groups excluding carboxylic acids is 1. The van der Waals surface area contributed by atoms with E-state index in [9.17, 15) is 14.3 Å². The number of nitrogens with one attached hydrogen (secondary N) is 1. The van der Waals surface area contributed by atoms with Crippen LogP contribution in [0.1, 0.15) is 38.7 Å². The van der Waals surface area contributed by atoms with E-state index in [0.717, 1.165) is 42.8 Å². The summed E-state index contributed by atoms with van der Waals surface area (Å²) in [6.45, 7) is 5.86. The van der Waals surface area contributed by atoms with Crippen molar-refractivity contribution in [3.63, 3.8) is 0 Å². The van der Waals surface area contributed by atoms with Gasteiger partial charge in [0, 0.05) is 17.3 Å². The molecule has 28 heavy (non-hydrogen) atoms. The predicted molar refractivity (Wildman–Crippen MR) is 104 cm³/mol. The largest absolute Gasteiger partial charge is 0.391 e. The van der Waals surface area contributed by atoms with Crippen molar-refractivity contribution in [1.82, 2.24) is 14.9 Å². The second kappa shape index (κ2) is 6.81. The minimum atomic E-state index is -0.571. The van der Waals surface area contributed by atoms with Gasteiger partial charge in [0.25, 0.3) is 0 Å². The third kappa shape index (κ3) is 3.03. The van der Waals surface area contributed by atoms with E-state index in [2.05, 4.69) is 22.2 Å². The number of piperidine rings is 1. The minimum Gasteiger partial charge on any atom is -0.391 e. The highest BCUT2D eigenvalue weighted by molar-refractivity contribution is 5.92. The second-order valence-electron chi connectivity index (χ2n) is 8.24. The van der Waals surface area contributed by atoms with Crippen molar-refractivity contribution in [3.8, 4) is 11.4 Å². The fourth-order valence-electron chi connectivity index (χ4n) is 4.86. The van der Waals surface area contributed by atoms with E-state index < -0.39 is 17.5 Å². The third-order valence-corrected chi connectivity index (χ3v) is 6.16. The number of benzene rings is 1. The van der Waals surface area contributed by atoms with Gasteiger partial charge in [0.1, 0.15) is 0 Å². The Kier molecular flexibility index (Phi) is 4.57. The average molecular weight is 384 g/mol. The Bertz CT molecular complexity index is 902. The van der Waals surface area contributed by atoms with Gasteiger partial charge in [0.15, 0.2) is 11.6 Å². The summed E-state index contributed by atoms with van der Waals surface area (Å²) in [4.78, 5) is 22.9. The summed E-state index contributed by atoms with van der Waals surface area (Å²) in [5.41, 5.74) is 1.82. The molecule has 2 aliphatic heterocycles. The van der Waals surface area contributed by atoms with Crippen LogP contribution in [0.5, 0.6) is 0 Å². The Morgan fingerprint density at radius 2 is 2.07 bits per heavy atom. The normalized spacial score (nSPS) is 27.1. The van der Waals surface area contributed by atoms with Crippen molar-refractivity contribution in [3.05, 3.63) is 42.0 Å². The quantitative estimate of drug-likeness (QED) is 0.845. The molecule has 0 saturated carbocycles. The molecule has 6 nitrogen and oxygen atoms in total. The zero-order valence-electron chi connectivity index (χ0n) is 16.3. The summed E-state index contributed by atoms with van der Waals surface area (Å²) < 4.78 is 13.1. The first-order chi connectivity index (χ1) is 13.3. The molecule has 0 spiro atoms. The molecule has 2 amide bonds. The molecule has 0 radical (unpaired) electrons. The fourth-order valence-corrected chi connectivity index (χ4v) is 4.86. The lowest BCUT2D eigenvalue weighted by Gasteiger charge is -2.64. The first-order valence-corrected chi connectivity index (χ1v) is 9.67. The van der Waals surface area contributed by atoms with Crippen molar-refractivity contribution in [2.24, 2.45) is 5.92 Å². The van der Waals surface area contributed by atoms with Gasteiger partial charge in [-0.05, 0) is 56.7 Å². The molecule has 2 N–H and O–H groups in total. The first-order valence-electron chi connectivity index (χ1n) is 9.67. The van der Waals surface area contributed by atoms with Crippen LogP contribution in [0.2, 0.25) is 0 Å². The van der Waals surface area contributed by atoms with Crippen LogP contribution in [-0.2, 0) is 0 Å². The van der Waals surface area contributed by atoms with Crippen molar-refractivity contribution in [1.29, 1.82) is 0 Å². The summed E-state index contributed by atoms with van der Waals surface area (Å²) in [6, 6.07) is 5.48. The van der Waals surface area contributed by atoms with Gasteiger partial charge in [-0.1, -0.05) is 13.0 Å². The maximum Gasteiger partial charge on any atom is 0.322 e. The number of amides is 2. The van der Waals surface area contributed by atoms with Crippen LogP contribution in [0.3, 0.4) is 0 Å². The molecule has 2 bridgehead atoms. The van der Waals surface area contributed by atoms with Crippen LogP contribution >= 0.6 is 0 Å². The zero-order chi connectivity index (χ0) is 20.1. The molecule has 2 saturated heterocycles. The van der Waals surface area contributed by atoms with E-state index in [4.69, 9.17) is 0 Å². The average Bonchev–Trinajstić information content (AvgIpc) is 2.63. The Labute approximate surface area is 163 Å². The van der Waals surface area contributed by atoms with E-state index in [0.29, 0.717) is 17.4 Å². The molecule has 2 aliphatic rings. The Hall–Kier alpha value is -2.54. The SMILES string of the molecule is Cc1ccc(NC(=O)N2C3C[C@@H](C)CC2([C@H](C)O)C3)cc1-c1ncc(F)cn1. The van der Waals surface area contributed by atoms with E-state index in [1.165, 1.54) is 0 Å². The molecule has 2 fully saturated rings. The van der Waals surface area contributed by atoms with Crippen molar-refractivity contribution >= 4 is 11.7 Å². The van der Waals surface area contributed by atoms with Gasteiger partial charge >= 0.3 is 6.03 Å². The van der Waals surface area contributed by atoms with Gasteiger partial charge in [-0.3, -0.25) is 0 Å². The lowest BCUT2D eigenvalue weighted by molar-refractivity contribution is -0.146. The lowest BCUT2D eigenvalue weighted by atomic mass is 9.62. The van der Waals surface area contributed by atoms with Gasteiger partial charge in [-0.25, -0.2) is 19.2 Å². The number of fused-ring (bicyclic) bond motifs is 2. The zero-order valence-corrected chi connectivity index (χ0v) is 16.3. The van der Waals surface area contributed by atoms with Crippen LogP contribution in [-0.4, -0.2) is 43.7 Å². The summed E-state index contributed by atoms with van der Waals surface area (Å²) in [7, 11) is 0. The molecule has 0 aliphatic carbocycles. The van der Waals surface area contributed by atoms with Crippen LogP contribution in [0.25, 0.3) is 11.4 Å². The monoisotopic (exact) mass is 384 g/mol. The van der Waals surface area contributed by atoms with Crippen molar-refractivity contribution in [2.75, 3.05) is 5.32 Å². The number of hydrogen-bond acceptors (Lipinski definition) is 4. The van der Waals surface area contributed by atoms with Gasteiger partial charge < -0.3 is 15.3 Å². The number of rotatable bonds is 3. The molecular weight excluding hydrogens is 359 g/mol. The van der Waals surface area contributed by atoms with E-state index in [1.54, 1.807) is 13.0 Å². The number of nitrogens with zero attached hydrogens (tertiary/aromatic N) is 3. The van der Waals surface area contributed by atoms with Crippen molar-refractivity contribution < 1.29 is 14.3 Å². The number of urea groups is 1. The lowest BCUT2D eigenvalue weighted by Crippen LogP contribution is -2.76. The number of aliphatic hydroxyl groups excluding tert-OH is 1. The molecule has 148 valence electrons. The van der Waals surface area contributed by atoms with Crippen LogP contribution in [0.4, 0.5) is 14.9 Å². The number of halogens is 1. The standard InChI is InChI=1S/C21H25FN4O2/c1-12-6-17-9-21(8-12,14(3)27)26(17)20(28)25-16-5-4-13(2)18(7-16)19-23-10-15(22)11-24-19/h4-5,7,10-12,14,17,27H,6,8-9H2,1-3H3,(H,25,28)/t12-,14+,17?,21?/m1/s1. The van der Waals surface area contributed by atoms with Crippen LogP contribution in [0.15, 0.2) is 30.6 Å². The van der Waals surface area contributed by atoms with Crippen molar-refractivity contribution in [2.45, 2.75) is 57.7 Å². The smallest absolute Gasteiger partial charge is 0.322 e. The highest BCUT2D eigenvalue weighted by Crippen LogP contribution is 2.51. The van der Waals surface area contributed by atoms with E-state index in [1.807, 2.05) is 24.0 Å². The Morgan fingerprint density at radius 3 is 2.75 bits per heavy atom. The molecule has 4 rings (SSSR count). The third-order valence-electron chi connectivity index (χ3n) is 6.16. The second-order valence-corrected chi connectivity index (χ2v) is 8.24. The summed E-state index contributed by atoms with van der Waals surface area (Å²) in [5.74, 6) is 0.414. The maximum atomic E-state index is 13.1. The highest BCUT2D eigenvalue weighted by Gasteiger charge is 2.60. The Balaban J connectivity index is 1.57. The minimum absolute atomic E-state index is 0.170. The summed E-state index contributed by atoms with van der Waals surface area (Å²) in [5, 5.41) is 13.3. The van der Waals surface area contributed by atoms with E-state index in [-0.39, 0.29) is 12.1 Å². The number of hydrogen-bond donors (Lipinski definition) is 2. The van der Waals surface area contributed by atoms with Gasteiger partial charge in [-0.15, -0.1) is 0 Å². The topological polar surface area (TPSA) is 78.4 Å². The molecule has 7 heteroatoms. The van der Waals surface area contributed by atoms with Gasteiger partial charge in [0.05, 0.1) is 24.0 Å². The molecule has 4 atom stereocenters. The molecule has 1 aromatic heterocycles. The number of aryl methyl sites for hydroxylation is 1. The number of carbonyl (C=O) groups is 1. The Morgan fingerprint density at radius 1 is 1.36 bits per heavy atom. The number of aromatic nitrogens is 2. The predicted octanol–water partition coefficient (Wildman–Crippen LogP) is 3.75. The summed E-state index contributed by atoms with van der Waals surface area (Å²) >= 11 is 0. The molecule has 2 aromatic rings. The van der Waals surface area contributed by atoms with Crippen LogP contribution in [0, 0.1) is 18.7 Å². The van der Waals surface area contributed by atoms with Gasteiger partial charge in [-0.2, -0.15) is 0 Å². The molecule has 1 aromatic carbocycles. The van der Waals surface area contributed by atoms with Gasteiger partial charge in [0.2, 0.25) is 0 Å².